The van der Waals surface area contributed by atoms with Gasteiger partial charge in [-0.1, -0.05) is 18.2 Å². The van der Waals surface area contributed by atoms with Crippen molar-refractivity contribution >= 4 is 47.1 Å². The number of likely N-dealkylation sites (N-methyl/N-ethyl adjacent to an activating group) is 2. The molecule has 3 aromatic rings. The molecule has 1 aliphatic heterocycles. The first-order valence-electron chi connectivity index (χ1n) is 9.79. The fourth-order valence-corrected chi connectivity index (χ4v) is 3.50. The van der Waals surface area contributed by atoms with E-state index in [-0.39, 0.29) is 30.8 Å². The van der Waals surface area contributed by atoms with Gasteiger partial charge in [0.15, 0.2) is 0 Å². The molecular formula is C23H25ClN4O3. The number of carbonyl (C=O) groups excluding carboxylic acids is 2. The number of hydrogen-bond donors (Lipinski definition) is 1. The molecule has 0 spiro atoms. The van der Waals surface area contributed by atoms with E-state index < -0.39 is 0 Å². The summed E-state index contributed by atoms with van der Waals surface area (Å²) < 4.78 is 5.91. The lowest BCUT2D eigenvalue weighted by atomic mass is 10.1. The molecule has 7 nitrogen and oxygen atoms in total. The van der Waals surface area contributed by atoms with Gasteiger partial charge in [-0.15, -0.1) is 12.4 Å². The van der Waals surface area contributed by atoms with E-state index in [2.05, 4.69) is 10.3 Å². The summed E-state index contributed by atoms with van der Waals surface area (Å²) >= 11 is 0. The number of rotatable bonds is 4. The molecular weight excluding hydrogens is 416 g/mol. The first-order valence-corrected chi connectivity index (χ1v) is 9.79. The van der Waals surface area contributed by atoms with Crippen molar-refractivity contribution in [2.45, 2.75) is 20.0 Å². The molecule has 0 saturated heterocycles. The number of nitrogens with one attached hydrogen (secondary N) is 1. The third kappa shape index (κ3) is 4.72. The highest BCUT2D eigenvalue weighted by Gasteiger charge is 2.18. The molecule has 1 aliphatic rings. The lowest BCUT2D eigenvalue weighted by Crippen LogP contribution is -2.28. The lowest BCUT2D eigenvalue weighted by molar-refractivity contribution is -0.128. The van der Waals surface area contributed by atoms with Gasteiger partial charge >= 0.3 is 0 Å². The van der Waals surface area contributed by atoms with Gasteiger partial charge in [0.25, 0.3) is 0 Å². The van der Waals surface area contributed by atoms with Crippen molar-refractivity contribution in [1.29, 1.82) is 0 Å². The largest absolute Gasteiger partial charge is 0.459 e. The van der Waals surface area contributed by atoms with Crippen LogP contribution in [0.25, 0.3) is 17.0 Å². The molecule has 0 atom stereocenters. The second-order valence-electron chi connectivity index (χ2n) is 7.55. The van der Waals surface area contributed by atoms with E-state index in [0.717, 1.165) is 33.4 Å². The number of aryl methyl sites for hydroxylation is 1. The van der Waals surface area contributed by atoms with Crippen LogP contribution in [0.1, 0.15) is 22.5 Å². The van der Waals surface area contributed by atoms with Gasteiger partial charge in [-0.05, 0) is 30.7 Å². The number of carbonyl (C=O) groups is 2. The highest BCUT2D eigenvalue weighted by atomic mass is 35.5. The molecule has 4 rings (SSSR count). The van der Waals surface area contributed by atoms with Gasteiger partial charge in [-0.2, -0.15) is 0 Å². The Morgan fingerprint density at radius 2 is 2.13 bits per heavy atom. The van der Waals surface area contributed by atoms with Crippen LogP contribution in [0.2, 0.25) is 0 Å². The Bertz CT molecular complexity index is 1150. The van der Waals surface area contributed by atoms with Crippen LogP contribution in [0.5, 0.6) is 0 Å². The Hall–Kier alpha value is -3.32. The average Bonchev–Trinajstić information content (AvgIpc) is 2.98. The van der Waals surface area contributed by atoms with Gasteiger partial charge in [0.05, 0.1) is 13.1 Å². The third-order valence-electron chi connectivity index (χ3n) is 5.35. The quantitative estimate of drug-likeness (QED) is 0.627. The van der Waals surface area contributed by atoms with E-state index in [0.29, 0.717) is 18.9 Å². The zero-order chi connectivity index (χ0) is 21.3. The standard InChI is InChI=1S/C23H24N4O3.ClH/c1-15-18-6-4-5-7-19(18)30-20(15)14-27(3)21(28)9-8-16-10-17-13-26(2)22(29)12-25-23(17)24-11-16;/h4-11H,12-14H2,1-3H3,(H,24,25);1H/b9-8+;. The minimum atomic E-state index is -0.129. The minimum absolute atomic E-state index is 0. The number of benzene rings is 1. The van der Waals surface area contributed by atoms with Gasteiger partial charge < -0.3 is 19.5 Å². The zero-order valence-corrected chi connectivity index (χ0v) is 18.5. The van der Waals surface area contributed by atoms with Gasteiger partial charge in [-0.3, -0.25) is 9.59 Å². The highest BCUT2D eigenvalue weighted by molar-refractivity contribution is 5.92. The van der Waals surface area contributed by atoms with Crippen molar-refractivity contribution < 1.29 is 14.0 Å². The molecule has 0 fully saturated rings. The summed E-state index contributed by atoms with van der Waals surface area (Å²) in [5.41, 5.74) is 3.61. The summed E-state index contributed by atoms with van der Waals surface area (Å²) in [6.45, 7) is 3.11. The summed E-state index contributed by atoms with van der Waals surface area (Å²) in [4.78, 5) is 32.1. The maximum atomic E-state index is 12.6. The molecule has 8 heteroatoms. The number of nitrogens with zero attached hydrogens (tertiary/aromatic N) is 3. The fourth-order valence-electron chi connectivity index (χ4n) is 3.50. The molecule has 3 heterocycles. The topological polar surface area (TPSA) is 78.7 Å². The Balaban J connectivity index is 0.00000272. The van der Waals surface area contributed by atoms with Crippen LogP contribution in [-0.4, -0.2) is 47.2 Å². The predicted molar refractivity (Wildman–Crippen MR) is 123 cm³/mol. The molecule has 162 valence electrons. The summed E-state index contributed by atoms with van der Waals surface area (Å²) in [7, 11) is 3.51. The first kappa shape index (κ1) is 22.4. The van der Waals surface area contributed by atoms with Crippen LogP contribution in [-0.2, 0) is 22.7 Å². The monoisotopic (exact) mass is 440 g/mol. The Morgan fingerprint density at radius 3 is 2.90 bits per heavy atom. The van der Waals surface area contributed by atoms with Crippen molar-refractivity contribution in [3.8, 4) is 0 Å². The second kappa shape index (κ2) is 9.22. The molecule has 2 aromatic heterocycles. The summed E-state index contributed by atoms with van der Waals surface area (Å²) in [6.07, 6.45) is 4.96. The number of aromatic nitrogens is 1. The number of fused-ring (bicyclic) bond motifs is 2. The fraction of sp³-hybridized carbons (Fsp3) is 0.261. The van der Waals surface area contributed by atoms with Crippen molar-refractivity contribution in [2.75, 3.05) is 26.0 Å². The van der Waals surface area contributed by atoms with Gasteiger partial charge in [-0.25, -0.2) is 4.98 Å². The minimum Gasteiger partial charge on any atom is -0.459 e. The van der Waals surface area contributed by atoms with Gasteiger partial charge in [0.2, 0.25) is 11.8 Å². The van der Waals surface area contributed by atoms with Crippen LogP contribution < -0.4 is 5.32 Å². The normalized spacial score (nSPS) is 13.5. The van der Waals surface area contributed by atoms with E-state index >= 15 is 0 Å². The van der Waals surface area contributed by atoms with E-state index in [9.17, 15) is 9.59 Å². The maximum Gasteiger partial charge on any atom is 0.246 e. The SMILES string of the molecule is Cc1c(CN(C)C(=O)/C=C/c2cnc3c(c2)CN(C)C(=O)CN3)oc2ccccc12.Cl. The van der Waals surface area contributed by atoms with Crippen LogP contribution in [0.3, 0.4) is 0 Å². The van der Waals surface area contributed by atoms with Crippen molar-refractivity contribution in [3.63, 3.8) is 0 Å². The van der Waals surface area contributed by atoms with E-state index in [1.165, 1.54) is 6.08 Å². The number of anilines is 1. The summed E-state index contributed by atoms with van der Waals surface area (Å²) in [5, 5.41) is 4.11. The van der Waals surface area contributed by atoms with E-state index in [4.69, 9.17) is 4.42 Å². The number of hydrogen-bond acceptors (Lipinski definition) is 5. The molecule has 0 saturated carbocycles. The van der Waals surface area contributed by atoms with Crippen LogP contribution in [0.15, 0.2) is 47.0 Å². The Morgan fingerprint density at radius 1 is 1.35 bits per heavy atom. The molecule has 1 N–H and O–H groups in total. The molecule has 0 aliphatic carbocycles. The molecule has 31 heavy (non-hydrogen) atoms. The highest BCUT2D eigenvalue weighted by Crippen LogP contribution is 2.26. The van der Waals surface area contributed by atoms with E-state index in [1.54, 1.807) is 36.2 Å². The molecule has 0 radical (unpaired) electrons. The first-order chi connectivity index (χ1) is 14.4. The van der Waals surface area contributed by atoms with Crippen molar-refractivity contribution in [3.05, 3.63) is 65.1 Å². The number of halogens is 1. The van der Waals surface area contributed by atoms with Crippen molar-refractivity contribution in [2.24, 2.45) is 0 Å². The maximum absolute atomic E-state index is 12.6. The third-order valence-corrected chi connectivity index (χ3v) is 5.35. The number of pyridine rings is 1. The Kier molecular flexibility index (Phi) is 6.65. The predicted octanol–water partition coefficient (Wildman–Crippen LogP) is 3.61. The average molecular weight is 441 g/mol. The van der Waals surface area contributed by atoms with E-state index in [1.807, 2.05) is 37.3 Å². The molecule has 0 bridgehead atoms. The smallest absolute Gasteiger partial charge is 0.246 e. The molecule has 0 unspecified atom stereocenters. The summed E-state index contributed by atoms with van der Waals surface area (Å²) in [5.74, 6) is 1.37. The number of para-hydroxylation sites is 1. The second-order valence-corrected chi connectivity index (χ2v) is 7.55. The number of furan rings is 1. The van der Waals surface area contributed by atoms with Crippen LogP contribution in [0, 0.1) is 6.92 Å². The molecule has 2 amide bonds. The van der Waals surface area contributed by atoms with Crippen LogP contribution >= 0.6 is 12.4 Å². The summed E-state index contributed by atoms with van der Waals surface area (Å²) in [6, 6.07) is 9.80. The van der Waals surface area contributed by atoms with Crippen molar-refractivity contribution in [1.82, 2.24) is 14.8 Å². The number of amides is 2. The lowest BCUT2D eigenvalue weighted by Gasteiger charge is -2.14. The van der Waals surface area contributed by atoms with Crippen LogP contribution in [0.4, 0.5) is 5.82 Å². The molecule has 1 aromatic carbocycles. The zero-order valence-electron chi connectivity index (χ0n) is 17.7. The Labute approximate surface area is 187 Å². The van der Waals surface area contributed by atoms with Gasteiger partial charge in [0.1, 0.15) is 17.2 Å². The van der Waals surface area contributed by atoms with Gasteiger partial charge in [0, 0.05) is 49.4 Å².